The molecule has 1 N–H and O–H groups in total. The Morgan fingerprint density at radius 2 is 1.57 bits per heavy atom. The molecular weight excluding hydrogens is 256 g/mol. The Bertz CT molecular complexity index is 254. The number of hydrogen-bond acceptors (Lipinski definition) is 2. The Kier molecular flexibility index (Phi) is 8.10. The first-order chi connectivity index (χ1) is 10.3. The van der Waals surface area contributed by atoms with E-state index in [-0.39, 0.29) is 0 Å². The molecule has 0 aromatic heterocycles. The van der Waals surface area contributed by atoms with Gasteiger partial charge in [0.15, 0.2) is 0 Å². The van der Waals surface area contributed by atoms with Crippen LogP contribution in [0.1, 0.15) is 84.5 Å². The lowest BCUT2D eigenvalue weighted by Crippen LogP contribution is -2.37. The summed E-state index contributed by atoms with van der Waals surface area (Å²) in [6.45, 7) is 8.61. The van der Waals surface area contributed by atoms with Crippen LogP contribution in [0.5, 0.6) is 0 Å². The van der Waals surface area contributed by atoms with Gasteiger partial charge in [0.2, 0.25) is 0 Å². The number of rotatable bonds is 11. The first-order valence-electron chi connectivity index (χ1n) is 9.82. The van der Waals surface area contributed by atoms with Gasteiger partial charge < -0.3 is 5.32 Å². The summed E-state index contributed by atoms with van der Waals surface area (Å²) < 4.78 is 0. The lowest BCUT2D eigenvalue weighted by molar-refractivity contribution is 0.197. The van der Waals surface area contributed by atoms with E-state index in [1.165, 1.54) is 90.3 Å². The minimum Gasteiger partial charge on any atom is -0.312 e. The first-order valence-corrected chi connectivity index (χ1v) is 9.82. The largest absolute Gasteiger partial charge is 0.312 e. The van der Waals surface area contributed by atoms with Crippen molar-refractivity contribution in [2.75, 3.05) is 19.6 Å². The molecule has 0 bridgehead atoms. The summed E-state index contributed by atoms with van der Waals surface area (Å²) in [5.74, 6) is 0.957. The zero-order valence-corrected chi connectivity index (χ0v) is 14.6. The van der Waals surface area contributed by atoms with Crippen LogP contribution in [0.4, 0.5) is 0 Å². The molecule has 21 heavy (non-hydrogen) atoms. The van der Waals surface area contributed by atoms with Crippen molar-refractivity contribution in [1.82, 2.24) is 10.2 Å². The number of nitrogens with zero attached hydrogens (tertiary/aromatic N) is 1. The van der Waals surface area contributed by atoms with Crippen molar-refractivity contribution >= 4 is 0 Å². The van der Waals surface area contributed by atoms with Crippen LogP contribution in [-0.4, -0.2) is 36.6 Å². The van der Waals surface area contributed by atoms with E-state index in [4.69, 9.17) is 0 Å². The predicted octanol–water partition coefficient (Wildman–Crippen LogP) is 4.59. The molecule has 0 aliphatic carbocycles. The van der Waals surface area contributed by atoms with E-state index >= 15 is 0 Å². The molecule has 3 atom stereocenters. The van der Waals surface area contributed by atoms with Crippen molar-refractivity contribution in [2.45, 2.75) is 96.6 Å². The third-order valence-electron chi connectivity index (χ3n) is 5.69. The predicted molar refractivity (Wildman–Crippen MR) is 92.8 cm³/mol. The van der Waals surface area contributed by atoms with Crippen molar-refractivity contribution in [3.63, 3.8) is 0 Å². The highest BCUT2D eigenvalue weighted by Gasteiger charge is 2.38. The van der Waals surface area contributed by atoms with E-state index in [9.17, 15) is 0 Å². The molecule has 2 saturated heterocycles. The third kappa shape index (κ3) is 5.56. The molecule has 0 spiro atoms. The Labute approximate surface area is 133 Å². The molecule has 2 nitrogen and oxygen atoms in total. The highest BCUT2D eigenvalue weighted by Crippen LogP contribution is 2.29. The molecule has 2 rings (SSSR count). The summed E-state index contributed by atoms with van der Waals surface area (Å²) in [6, 6.07) is 1.70. The van der Waals surface area contributed by atoms with E-state index in [0.29, 0.717) is 0 Å². The fourth-order valence-corrected chi connectivity index (χ4v) is 4.30. The van der Waals surface area contributed by atoms with Gasteiger partial charge in [0.25, 0.3) is 0 Å². The number of hydrogen-bond donors (Lipinski definition) is 1. The maximum absolute atomic E-state index is 3.71. The Morgan fingerprint density at radius 1 is 0.905 bits per heavy atom. The number of likely N-dealkylation sites (tertiary alicyclic amines) is 1. The Morgan fingerprint density at radius 3 is 2.29 bits per heavy atom. The molecule has 2 fully saturated rings. The second-order valence-corrected chi connectivity index (χ2v) is 7.42. The second kappa shape index (κ2) is 9.84. The topological polar surface area (TPSA) is 15.3 Å². The van der Waals surface area contributed by atoms with Gasteiger partial charge >= 0.3 is 0 Å². The van der Waals surface area contributed by atoms with Crippen LogP contribution >= 0.6 is 0 Å². The lowest BCUT2D eigenvalue weighted by Gasteiger charge is -2.29. The highest BCUT2D eigenvalue weighted by molar-refractivity contribution is 4.95. The summed E-state index contributed by atoms with van der Waals surface area (Å²) in [5.41, 5.74) is 0. The van der Waals surface area contributed by atoms with E-state index in [0.717, 1.165) is 18.0 Å². The summed E-state index contributed by atoms with van der Waals surface area (Å²) in [7, 11) is 0. The highest BCUT2D eigenvalue weighted by atomic mass is 15.2. The normalized spacial score (nSPS) is 27.1. The fourth-order valence-electron chi connectivity index (χ4n) is 4.30. The standard InChI is InChI=1S/C19H38N2/c1-3-5-7-8-10-12-18(11-9-6-4-2)21-15-17-13-14-20-19(17)16-21/h17-20H,3-16H2,1-2H3. The molecule has 0 amide bonds. The van der Waals surface area contributed by atoms with Gasteiger partial charge in [-0.25, -0.2) is 0 Å². The minimum atomic E-state index is 0.818. The number of fused-ring (bicyclic) bond motifs is 1. The minimum absolute atomic E-state index is 0.818. The van der Waals surface area contributed by atoms with Gasteiger partial charge in [0.1, 0.15) is 0 Å². The lowest BCUT2D eigenvalue weighted by atomic mass is 10.00. The van der Waals surface area contributed by atoms with Crippen LogP contribution in [0, 0.1) is 5.92 Å². The SMILES string of the molecule is CCCCCCCC(CCCCC)N1CC2CCNC2C1. The molecule has 124 valence electrons. The van der Waals surface area contributed by atoms with Gasteiger partial charge in [-0.15, -0.1) is 0 Å². The van der Waals surface area contributed by atoms with Crippen molar-refractivity contribution in [2.24, 2.45) is 5.92 Å². The molecule has 3 unspecified atom stereocenters. The molecule has 0 aromatic rings. The Hall–Kier alpha value is -0.0800. The average molecular weight is 295 g/mol. The van der Waals surface area contributed by atoms with Gasteiger partial charge in [-0.1, -0.05) is 65.2 Å². The first kappa shape index (κ1) is 17.3. The summed E-state index contributed by atoms with van der Waals surface area (Å²) in [6.07, 6.45) is 15.7. The van der Waals surface area contributed by atoms with Crippen LogP contribution in [-0.2, 0) is 0 Å². The molecule has 2 heteroatoms. The molecular formula is C19H38N2. The smallest absolute Gasteiger partial charge is 0.0236 e. The molecule has 0 radical (unpaired) electrons. The van der Waals surface area contributed by atoms with Gasteiger partial charge in [-0.05, 0) is 31.7 Å². The van der Waals surface area contributed by atoms with Crippen LogP contribution in [0.15, 0.2) is 0 Å². The van der Waals surface area contributed by atoms with Crippen molar-refractivity contribution < 1.29 is 0 Å². The molecule has 0 saturated carbocycles. The fraction of sp³-hybridized carbons (Fsp3) is 1.00. The van der Waals surface area contributed by atoms with Crippen LogP contribution in [0.2, 0.25) is 0 Å². The molecule has 0 aromatic carbocycles. The third-order valence-corrected chi connectivity index (χ3v) is 5.69. The van der Waals surface area contributed by atoms with Gasteiger partial charge in [0, 0.05) is 25.2 Å². The molecule has 2 aliphatic rings. The van der Waals surface area contributed by atoms with Gasteiger partial charge in [0.05, 0.1) is 0 Å². The van der Waals surface area contributed by atoms with Crippen molar-refractivity contribution in [3.05, 3.63) is 0 Å². The molecule has 2 heterocycles. The van der Waals surface area contributed by atoms with E-state index in [2.05, 4.69) is 24.1 Å². The summed E-state index contributed by atoms with van der Waals surface area (Å²) in [4.78, 5) is 2.84. The number of nitrogens with one attached hydrogen (secondary N) is 1. The van der Waals surface area contributed by atoms with Crippen LogP contribution < -0.4 is 5.32 Å². The number of unbranched alkanes of at least 4 members (excludes halogenated alkanes) is 6. The van der Waals surface area contributed by atoms with Crippen molar-refractivity contribution in [1.29, 1.82) is 0 Å². The summed E-state index contributed by atoms with van der Waals surface area (Å²) >= 11 is 0. The van der Waals surface area contributed by atoms with Gasteiger partial charge in [-0.2, -0.15) is 0 Å². The summed E-state index contributed by atoms with van der Waals surface area (Å²) in [5, 5.41) is 3.71. The van der Waals surface area contributed by atoms with E-state index < -0.39 is 0 Å². The van der Waals surface area contributed by atoms with Crippen LogP contribution in [0.25, 0.3) is 0 Å². The van der Waals surface area contributed by atoms with Gasteiger partial charge in [-0.3, -0.25) is 4.90 Å². The zero-order valence-electron chi connectivity index (χ0n) is 14.6. The Balaban J connectivity index is 1.72. The zero-order chi connectivity index (χ0) is 14.9. The molecule has 2 aliphatic heterocycles. The van der Waals surface area contributed by atoms with Crippen LogP contribution in [0.3, 0.4) is 0 Å². The average Bonchev–Trinajstić information content (AvgIpc) is 3.06. The second-order valence-electron chi connectivity index (χ2n) is 7.42. The maximum atomic E-state index is 3.71. The van der Waals surface area contributed by atoms with E-state index in [1.807, 2.05) is 0 Å². The maximum Gasteiger partial charge on any atom is 0.0236 e. The van der Waals surface area contributed by atoms with Crippen molar-refractivity contribution in [3.8, 4) is 0 Å². The monoisotopic (exact) mass is 294 g/mol. The van der Waals surface area contributed by atoms with E-state index in [1.54, 1.807) is 0 Å². The quantitative estimate of drug-likeness (QED) is 0.561.